The highest BCUT2D eigenvalue weighted by molar-refractivity contribution is 7.92. The minimum absolute atomic E-state index is 0.149. The lowest BCUT2D eigenvalue weighted by atomic mass is 9.99. The zero-order valence-electron chi connectivity index (χ0n) is 16.7. The molecule has 1 fully saturated rings. The number of sulfonamides is 1. The number of carbonyl (C=O) groups excluding carboxylic acids is 2. The lowest BCUT2D eigenvalue weighted by Gasteiger charge is -2.36. The van der Waals surface area contributed by atoms with Gasteiger partial charge in [0, 0.05) is 19.1 Å². The van der Waals surface area contributed by atoms with Crippen LogP contribution in [0.4, 0.5) is 5.69 Å². The van der Waals surface area contributed by atoms with Gasteiger partial charge in [-0.05, 0) is 62.8 Å². The summed E-state index contributed by atoms with van der Waals surface area (Å²) in [4.78, 5) is 27.1. The van der Waals surface area contributed by atoms with Gasteiger partial charge in [-0.15, -0.1) is 0 Å². The molecule has 2 aliphatic rings. The highest BCUT2D eigenvalue weighted by atomic mass is 32.2. The molecule has 2 unspecified atom stereocenters. The molecule has 28 heavy (non-hydrogen) atoms. The van der Waals surface area contributed by atoms with E-state index in [2.05, 4.69) is 6.92 Å². The van der Waals surface area contributed by atoms with Crippen LogP contribution in [0.2, 0.25) is 0 Å². The molecule has 2 heterocycles. The molecule has 154 valence electrons. The van der Waals surface area contributed by atoms with Gasteiger partial charge in [0.1, 0.15) is 0 Å². The minimum Gasteiger partial charge on any atom is -0.449 e. The summed E-state index contributed by atoms with van der Waals surface area (Å²) in [6, 6.07) is 5.06. The second-order valence-electron chi connectivity index (χ2n) is 7.57. The van der Waals surface area contributed by atoms with Crippen molar-refractivity contribution in [2.24, 2.45) is 0 Å². The largest absolute Gasteiger partial charge is 0.449 e. The zero-order chi connectivity index (χ0) is 20.5. The molecule has 0 spiro atoms. The quantitative estimate of drug-likeness (QED) is 0.699. The summed E-state index contributed by atoms with van der Waals surface area (Å²) >= 11 is 0. The van der Waals surface area contributed by atoms with Gasteiger partial charge in [0.25, 0.3) is 5.91 Å². The number of anilines is 1. The number of amides is 1. The molecule has 3 rings (SSSR count). The molecular formula is C20H28N2O5S. The smallest absolute Gasteiger partial charge is 0.338 e. The Morgan fingerprint density at radius 2 is 2.00 bits per heavy atom. The average molecular weight is 409 g/mol. The lowest BCUT2D eigenvalue weighted by Crippen LogP contribution is -2.48. The van der Waals surface area contributed by atoms with Crippen LogP contribution < -0.4 is 4.31 Å². The highest BCUT2D eigenvalue weighted by Crippen LogP contribution is 2.31. The molecule has 2 aliphatic heterocycles. The summed E-state index contributed by atoms with van der Waals surface area (Å²) in [5, 5.41) is 0. The Balaban J connectivity index is 1.69. The van der Waals surface area contributed by atoms with Crippen LogP contribution in [-0.2, 0) is 26.0 Å². The van der Waals surface area contributed by atoms with E-state index in [1.165, 1.54) is 10.6 Å². The van der Waals surface area contributed by atoms with E-state index < -0.39 is 22.1 Å². The maximum atomic E-state index is 12.8. The Morgan fingerprint density at radius 3 is 2.68 bits per heavy atom. The zero-order valence-corrected chi connectivity index (χ0v) is 17.5. The lowest BCUT2D eigenvalue weighted by molar-refractivity contribution is -0.143. The average Bonchev–Trinajstić information content (AvgIpc) is 3.10. The van der Waals surface area contributed by atoms with Crippen molar-refractivity contribution in [1.82, 2.24) is 4.90 Å². The van der Waals surface area contributed by atoms with Crippen LogP contribution in [0.5, 0.6) is 0 Å². The highest BCUT2D eigenvalue weighted by Gasteiger charge is 2.31. The van der Waals surface area contributed by atoms with Gasteiger partial charge in [-0.25, -0.2) is 13.2 Å². The van der Waals surface area contributed by atoms with Crippen molar-refractivity contribution < 1.29 is 22.7 Å². The second-order valence-corrected chi connectivity index (χ2v) is 9.47. The first-order chi connectivity index (χ1) is 13.2. The molecule has 0 radical (unpaired) electrons. The number of benzene rings is 1. The van der Waals surface area contributed by atoms with E-state index in [-0.39, 0.29) is 11.9 Å². The fourth-order valence-electron chi connectivity index (χ4n) is 4.07. The van der Waals surface area contributed by atoms with Crippen molar-refractivity contribution in [1.29, 1.82) is 0 Å². The van der Waals surface area contributed by atoms with E-state index in [0.29, 0.717) is 30.8 Å². The Morgan fingerprint density at radius 1 is 1.25 bits per heavy atom. The molecule has 1 aromatic rings. The van der Waals surface area contributed by atoms with Crippen LogP contribution in [0, 0.1) is 0 Å². The Bertz CT molecular complexity index is 867. The van der Waals surface area contributed by atoms with Gasteiger partial charge in [0.15, 0.2) is 6.10 Å². The molecule has 1 amide bonds. The van der Waals surface area contributed by atoms with Crippen LogP contribution in [0.3, 0.4) is 0 Å². The predicted molar refractivity (Wildman–Crippen MR) is 107 cm³/mol. The number of nitrogens with zero attached hydrogens (tertiary/aromatic N) is 2. The summed E-state index contributed by atoms with van der Waals surface area (Å²) in [6.07, 6.45) is 4.85. The van der Waals surface area contributed by atoms with Crippen LogP contribution >= 0.6 is 0 Å². The van der Waals surface area contributed by atoms with E-state index in [1.54, 1.807) is 25.1 Å². The van der Waals surface area contributed by atoms with E-state index in [0.717, 1.165) is 31.2 Å². The Kier molecular flexibility index (Phi) is 5.98. The molecule has 1 saturated heterocycles. The monoisotopic (exact) mass is 408 g/mol. The summed E-state index contributed by atoms with van der Waals surface area (Å²) in [7, 11) is -3.33. The fraction of sp³-hybridized carbons (Fsp3) is 0.600. The van der Waals surface area contributed by atoms with Gasteiger partial charge in [0.2, 0.25) is 10.0 Å². The van der Waals surface area contributed by atoms with E-state index in [1.807, 2.05) is 4.90 Å². The molecule has 2 atom stereocenters. The van der Waals surface area contributed by atoms with Crippen LogP contribution in [0.1, 0.15) is 55.5 Å². The van der Waals surface area contributed by atoms with Crippen molar-refractivity contribution >= 4 is 27.6 Å². The topological polar surface area (TPSA) is 84.0 Å². The van der Waals surface area contributed by atoms with E-state index in [4.69, 9.17) is 4.74 Å². The van der Waals surface area contributed by atoms with Crippen LogP contribution in [0.15, 0.2) is 18.2 Å². The normalized spacial score (nSPS) is 20.6. The molecule has 0 bridgehead atoms. The van der Waals surface area contributed by atoms with Crippen LogP contribution in [-0.4, -0.2) is 56.7 Å². The van der Waals surface area contributed by atoms with Gasteiger partial charge < -0.3 is 9.64 Å². The number of piperidine rings is 1. The van der Waals surface area contributed by atoms with Crippen molar-refractivity contribution in [3.8, 4) is 0 Å². The predicted octanol–water partition coefficient (Wildman–Crippen LogP) is 2.35. The summed E-state index contributed by atoms with van der Waals surface area (Å²) in [6.45, 7) is 4.76. The summed E-state index contributed by atoms with van der Waals surface area (Å²) < 4.78 is 30.4. The van der Waals surface area contributed by atoms with Gasteiger partial charge in [-0.1, -0.05) is 6.92 Å². The molecule has 0 saturated carbocycles. The number of likely N-dealkylation sites (tertiary alicyclic amines) is 1. The molecule has 7 nitrogen and oxygen atoms in total. The second kappa shape index (κ2) is 8.11. The number of fused-ring (bicyclic) bond motifs is 1. The molecule has 0 aliphatic carbocycles. The van der Waals surface area contributed by atoms with Gasteiger partial charge in [-0.2, -0.15) is 0 Å². The molecular weight excluding hydrogens is 380 g/mol. The maximum absolute atomic E-state index is 12.8. The standard InChI is InChI=1S/C20H28N2O5S/c1-4-17-7-5-6-11-21(17)19(23)14(2)27-20(24)16-8-9-18-15(13-16)10-12-22(18)28(3,25)26/h8-9,13-14,17H,4-7,10-12H2,1-3H3. The third-order valence-electron chi connectivity index (χ3n) is 5.58. The number of ether oxygens (including phenoxy) is 1. The molecule has 0 N–H and O–H groups in total. The van der Waals surface area contributed by atoms with Gasteiger partial charge in [-0.3, -0.25) is 9.10 Å². The first-order valence-electron chi connectivity index (χ1n) is 9.84. The van der Waals surface area contributed by atoms with E-state index in [9.17, 15) is 18.0 Å². The summed E-state index contributed by atoms with van der Waals surface area (Å²) in [5.74, 6) is -0.712. The van der Waals surface area contributed by atoms with Crippen molar-refractivity contribution in [2.45, 2.75) is 58.1 Å². The summed E-state index contributed by atoms with van der Waals surface area (Å²) in [5.41, 5.74) is 1.72. The SMILES string of the molecule is CCC1CCCCN1C(=O)C(C)OC(=O)c1ccc2c(c1)CCN2S(C)(=O)=O. The first kappa shape index (κ1) is 20.6. The third kappa shape index (κ3) is 4.16. The molecule has 1 aromatic carbocycles. The number of hydrogen-bond donors (Lipinski definition) is 0. The number of esters is 1. The Hall–Kier alpha value is -2.09. The molecule has 8 heteroatoms. The van der Waals surface area contributed by atoms with Crippen molar-refractivity contribution in [2.75, 3.05) is 23.7 Å². The van der Waals surface area contributed by atoms with Gasteiger partial charge >= 0.3 is 5.97 Å². The van der Waals surface area contributed by atoms with Crippen molar-refractivity contribution in [3.05, 3.63) is 29.3 Å². The third-order valence-corrected chi connectivity index (χ3v) is 6.76. The Labute approximate surface area is 166 Å². The minimum atomic E-state index is -3.33. The number of hydrogen-bond acceptors (Lipinski definition) is 5. The van der Waals surface area contributed by atoms with E-state index >= 15 is 0 Å². The van der Waals surface area contributed by atoms with Gasteiger partial charge in [0.05, 0.1) is 17.5 Å². The van der Waals surface area contributed by atoms with Crippen molar-refractivity contribution in [3.63, 3.8) is 0 Å². The maximum Gasteiger partial charge on any atom is 0.338 e. The van der Waals surface area contributed by atoms with Crippen LogP contribution in [0.25, 0.3) is 0 Å². The first-order valence-corrected chi connectivity index (χ1v) is 11.7. The number of rotatable bonds is 5. The number of carbonyl (C=O) groups is 2. The fourth-order valence-corrected chi connectivity index (χ4v) is 5.03. The molecule has 0 aromatic heterocycles.